The number of nitrogens with one attached hydrogen (secondary N) is 1. The second-order valence-corrected chi connectivity index (χ2v) is 15.4. The number of hydrogen-bond acceptors (Lipinski definition) is 8. The molecule has 2 bridgehead atoms. The van der Waals surface area contributed by atoms with Crippen LogP contribution < -0.4 is 5.32 Å². The van der Waals surface area contributed by atoms with Crippen LogP contribution in [-0.4, -0.2) is 106 Å². The molecule has 3 heterocycles. The Kier molecular flexibility index (Phi) is 14.5. The normalized spacial score (nSPS) is 27.9. The molecule has 3 fully saturated rings. The third-order valence-electron chi connectivity index (χ3n) is 10.9. The van der Waals surface area contributed by atoms with E-state index in [1.54, 1.807) is 17.1 Å². The van der Waals surface area contributed by atoms with Crippen LogP contribution in [0.3, 0.4) is 0 Å². The highest BCUT2D eigenvalue weighted by atomic mass is 79.9. The Morgan fingerprint density at radius 3 is 2.49 bits per heavy atom. The summed E-state index contributed by atoms with van der Waals surface area (Å²) in [6.45, 7) is 15.5. The number of aliphatic hydroxyl groups excluding tert-OH is 1. The molecule has 0 aromatic heterocycles. The van der Waals surface area contributed by atoms with Gasteiger partial charge in [-0.25, -0.2) is 0 Å². The Hall–Kier alpha value is -3.06. The highest BCUT2D eigenvalue weighted by Crippen LogP contribution is 2.61. The van der Waals surface area contributed by atoms with E-state index in [-0.39, 0.29) is 54.8 Å². The number of esters is 1. The number of alkyl halides is 1. The zero-order valence-electron chi connectivity index (χ0n) is 30.7. The van der Waals surface area contributed by atoms with Crippen molar-refractivity contribution in [2.24, 2.45) is 17.8 Å². The summed E-state index contributed by atoms with van der Waals surface area (Å²) in [5.41, 5.74) is -0.698. The molecule has 282 valence electrons. The van der Waals surface area contributed by atoms with Gasteiger partial charge in [0.25, 0.3) is 0 Å². The lowest BCUT2D eigenvalue weighted by Gasteiger charge is -2.42. The van der Waals surface area contributed by atoms with Crippen molar-refractivity contribution in [2.45, 2.75) is 113 Å². The van der Waals surface area contributed by atoms with Crippen LogP contribution in [0.25, 0.3) is 0 Å². The lowest BCUT2D eigenvalue weighted by Crippen LogP contribution is -2.61. The van der Waals surface area contributed by atoms with E-state index >= 15 is 0 Å². The van der Waals surface area contributed by atoms with Gasteiger partial charge in [-0.15, -0.1) is 13.2 Å². The number of amides is 3. The van der Waals surface area contributed by atoms with E-state index < -0.39 is 59.6 Å². The summed E-state index contributed by atoms with van der Waals surface area (Å²) in [7, 11) is 1.50. The Bertz CT molecular complexity index is 1400. The standard InChI is InChI=1S/C39H56BrN3O8/c1-8-12-19-30(45)41-28(23-49-7)33(26-17-14-13-15-18-26)50-38(48)31-32-36(46)43(29(22-44)24(5)11-4)35(39(32)21-27(40)34(31)51-39)37(47)42(20-10-3)25(6)16-9-2/h8,10,13-15,17-18,24-25,27-29,31-35,44H,1,3,9,11-12,16,19-23H2,2,4-7H3,(H,41,45)/t24-,25?,27?,28+,29-,31-,32+,33+,34-,35-,39+/m0/s1. The van der Waals surface area contributed by atoms with E-state index in [0.717, 1.165) is 12.8 Å². The van der Waals surface area contributed by atoms with Gasteiger partial charge < -0.3 is 34.4 Å². The fraction of sp³-hybridized carbons (Fsp3) is 0.641. The molecule has 12 heteroatoms. The number of rotatable bonds is 20. The maximum Gasteiger partial charge on any atom is 0.313 e. The molecule has 1 spiro atoms. The van der Waals surface area contributed by atoms with Crippen molar-refractivity contribution in [3.8, 4) is 0 Å². The topological polar surface area (TPSA) is 135 Å². The smallest absolute Gasteiger partial charge is 0.313 e. The molecule has 0 aliphatic carbocycles. The first kappa shape index (κ1) is 40.7. The molecule has 3 amide bonds. The molecule has 0 saturated carbocycles. The van der Waals surface area contributed by atoms with E-state index in [1.807, 2.05) is 51.1 Å². The molecular weight excluding hydrogens is 718 g/mol. The van der Waals surface area contributed by atoms with E-state index in [0.29, 0.717) is 24.8 Å². The number of halogens is 1. The molecule has 11 atom stereocenters. The van der Waals surface area contributed by atoms with Crippen molar-refractivity contribution in [3.05, 3.63) is 61.2 Å². The number of carbonyl (C=O) groups is 4. The second kappa shape index (κ2) is 18.1. The lowest BCUT2D eigenvalue weighted by molar-refractivity contribution is -0.164. The van der Waals surface area contributed by atoms with Crippen molar-refractivity contribution >= 4 is 39.6 Å². The monoisotopic (exact) mass is 773 g/mol. The van der Waals surface area contributed by atoms with Crippen molar-refractivity contribution in [3.63, 3.8) is 0 Å². The van der Waals surface area contributed by atoms with Crippen LogP contribution in [-0.2, 0) is 33.4 Å². The molecule has 2 unspecified atom stereocenters. The highest BCUT2D eigenvalue weighted by Gasteiger charge is 2.78. The molecule has 51 heavy (non-hydrogen) atoms. The van der Waals surface area contributed by atoms with Crippen molar-refractivity contribution < 1.29 is 38.5 Å². The van der Waals surface area contributed by atoms with Gasteiger partial charge in [-0.05, 0) is 37.7 Å². The highest BCUT2D eigenvalue weighted by molar-refractivity contribution is 9.09. The minimum Gasteiger partial charge on any atom is -0.455 e. The van der Waals surface area contributed by atoms with Crippen LogP contribution in [0.1, 0.15) is 77.9 Å². The molecule has 3 aliphatic heterocycles. The summed E-state index contributed by atoms with van der Waals surface area (Å²) in [4.78, 5) is 60.2. The summed E-state index contributed by atoms with van der Waals surface area (Å²) in [6.07, 6.45) is 4.89. The number of nitrogens with zero attached hydrogens (tertiary/aromatic N) is 2. The van der Waals surface area contributed by atoms with Crippen molar-refractivity contribution in [2.75, 3.05) is 26.9 Å². The van der Waals surface area contributed by atoms with Crippen LogP contribution >= 0.6 is 15.9 Å². The average Bonchev–Trinajstić information content (AvgIpc) is 3.72. The Morgan fingerprint density at radius 2 is 1.90 bits per heavy atom. The summed E-state index contributed by atoms with van der Waals surface area (Å²) in [5, 5.41) is 13.7. The molecule has 3 aliphatic rings. The van der Waals surface area contributed by atoms with E-state index in [4.69, 9.17) is 14.2 Å². The third-order valence-corrected chi connectivity index (χ3v) is 11.8. The number of ether oxygens (including phenoxy) is 3. The maximum atomic E-state index is 14.9. The molecule has 3 saturated heterocycles. The second-order valence-electron chi connectivity index (χ2n) is 14.2. The third kappa shape index (κ3) is 8.14. The predicted molar refractivity (Wildman–Crippen MR) is 198 cm³/mol. The van der Waals surface area contributed by atoms with E-state index in [1.165, 1.54) is 12.0 Å². The SMILES string of the molecule is C=CCCC(=O)N[C@H](COC)[C@H](OC(=O)[C@@H]1[C@H]2O[C@@]3(CC2Br)[C@H](C(=O)N(CC=C)C(C)CCC)N([C@@H](CO)[C@@H](C)CC)C(=O)[C@@H]13)c1ccccc1. The number of allylic oxidation sites excluding steroid dienone is 1. The van der Waals surface area contributed by atoms with Gasteiger partial charge >= 0.3 is 5.97 Å². The summed E-state index contributed by atoms with van der Waals surface area (Å²) < 4.78 is 18.6. The maximum absolute atomic E-state index is 14.9. The summed E-state index contributed by atoms with van der Waals surface area (Å²) in [6, 6.07) is 6.46. The number of methoxy groups -OCH3 is 1. The van der Waals surface area contributed by atoms with Crippen molar-refractivity contribution in [1.29, 1.82) is 0 Å². The van der Waals surface area contributed by atoms with Gasteiger partial charge in [0.2, 0.25) is 17.7 Å². The molecule has 1 aromatic carbocycles. The summed E-state index contributed by atoms with van der Waals surface area (Å²) >= 11 is 3.75. The Labute approximate surface area is 311 Å². The van der Waals surface area contributed by atoms with Crippen LogP contribution in [0.2, 0.25) is 0 Å². The zero-order chi connectivity index (χ0) is 37.5. The molecule has 2 N–H and O–H groups in total. The number of likely N-dealkylation sites (tertiary alicyclic amines) is 1. The predicted octanol–water partition coefficient (Wildman–Crippen LogP) is 4.73. The fourth-order valence-corrected chi connectivity index (χ4v) is 9.21. The molecular formula is C39H56BrN3O8. The van der Waals surface area contributed by atoms with Crippen LogP contribution in [0.15, 0.2) is 55.6 Å². The number of fused-ring (bicyclic) bond motifs is 1. The fourth-order valence-electron chi connectivity index (χ4n) is 8.27. The minimum absolute atomic E-state index is 0.0527. The van der Waals surface area contributed by atoms with Gasteiger partial charge in [0, 0.05) is 30.9 Å². The Balaban J connectivity index is 1.79. The molecule has 11 nitrogen and oxygen atoms in total. The lowest BCUT2D eigenvalue weighted by atomic mass is 9.70. The largest absolute Gasteiger partial charge is 0.455 e. The first-order valence-corrected chi connectivity index (χ1v) is 19.2. The Morgan fingerprint density at radius 1 is 1.20 bits per heavy atom. The minimum atomic E-state index is -1.34. The van der Waals surface area contributed by atoms with Crippen LogP contribution in [0.5, 0.6) is 0 Å². The number of aliphatic hydroxyl groups is 1. The van der Waals surface area contributed by atoms with E-state index in [2.05, 4.69) is 41.3 Å². The van der Waals surface area contributed by atoms with Crippen LogP contribution in [0.4, 0.5) is 0 Å². The van der Waals surface area contributed by atoms with Crippen LogP contribution in [0, 0.1) is 17.8 Å². The average molecular weight is 775 g/mol. The first-order valence-electron chi connectivity index (χ1n) is 18.3. The number of hydrogen-bond donors (Lipinski definition) is 2. The summed E-state index contributed by atoms with van der Waals surface area (Å²) in [5.74, 6) is -3.83. The van der Waals surface area contributed by atoms with Gasteiger partial charge in [0.1, 0.15) is 17.7 Å². The molecule has 4 rings (SSSR count). The molecule has 1 aromatic rings. The van der Waals surface area contributed by atoms with E-state index in [9.17, 15) is 24.3 Å². The van der Waals surface area contributed by atoms with Gasteiger partial charge in [-0.1, -0.05) is 92.0 Å². The quantitative estimate of drug-likeness (QED) is 0.111. The van der Waals surface area contributed by atoms with Gasteiger partial charge in [0.15, 0.2) is 0 Å². The first-order chi connectivity index (χ1) is 24.5. The van der Waals surface area contributed by atoms with Crippen molar-refractivity contribution in [1.82, 2.24) is 15.1 Å². The number of benzene rings is 1. The zero-order valence-corrected chi connectivity index (χ0v) is 32.3. The van der Waals surface area contributed by atoms with Gasteiger partial charge in [-0.3, -0.25) is 19.2 Å². The molecule has 0 radical (unpaired) electrons. The van der Waals surface area contributed by atoms with Gasteiger partial charge in [0.05, 0.1) is 43.2 Å². The van der Waals surface area contributed by atoms with Gasteiger partial charge in [-0.2, -0.15) is 0 Å². The number of carbonyl (C=O) groups excluding carboxylic acids is 4.